The quantitative estimate of drug-likeness (QED) is 0.735. The molecule has 9 heteroatoms. The summed E-state index contributed by atoms with van der Waals surface area (Å²) in [6, 6.07) is 6.66. The molecule has 1 aromatic carbocycles. The highest BCUT2D eigenvalue weighted by molar-refractivity contribution is 6.42. The molecule has 1 fully saturated rings. The lowest BCUT2D eigenvalue weighted by atomic mass is 10.2. The van der Waals surface area contributed by atoms with Gasteiger partial charge in [-0.25, -0.2) is 0 Å². The van der Waals surface area contributed by atoms with E-state index in [1.165, 1.54) is 0 Å². The fourth-order valence-corrected chi connectivity index (χ4v) is 3.25. The number of hydrogen-bond donors (Lipinski definition) is 2. The van der Waals surface area contributed by atoms with Crippen molar-refractivity contribution in [3.63, 3.8) is 0 Å². The van der Waals surface area contributed by atoms with Crippen LogP contribution in [0.5, 0.6) is 5.75 Å². The Morgan fingerprint density at radius 1 is 1.29 bits per heavy atom. The number of benzene rings is 1. The zero-order valence-electron chi connectivity index (χ0n) is 15.0. The van der Waals surface area contributed by atoms with Crippen LogP contribution in [0.15, 0.2) is 39.7 Å². The maximum absolute atomic E-state index is 12.1. The summed E-state index contributed by atoms with van der Waals surface area (Å²) in [4.78, 5) is 25.7. The third kappa shape index (κ3) is 5.72. The number of aromatic hydroxyl groups is 1. The highest BCUT2D eigenvalue weighted by Gasteiger charge is 2.21. The molecule has 3 rings (SSSR count). The molecule has 7 nitrogen and oxygen atoms in total. The largest absolute Gasteiger partial charge is 0.502 e. The summed E-state index contributed by atoms with van der Waals surface area (Å²) < 4.78 is 10.7. The van der Waals surface area contributed by atoms with E-state index in [1.807, 2.05) is 12.1 Å². The second-order valence-corrected chi connectivity index (χ2v) is 7.37. The second kappa shape index (κ2) is 9.43. The normalized spacial score (nSPS) is 17.4. The molecule has 0 bridgehead atoms. The number of nitrogens with one attached hydrogen (secondary N) is 1. The maximum Gasteiger partial charge on any atom is 0.227 e. The summed E-state index contributed by atoms with van der Waals surface area (Å²) in [5.41, 5.74) is 0.476. The lowest BCUT2D eigenvalue weighted by Gasteiger charge is -2.33. The van der Waals surface area contributed by atoms with Crippen molar-refractivity contribution in [2.24, 2.45) is 0 Å². The molecule has 1 atom stereocenters. The molecule has 1 saturated heterocycles. The zero-order valence-corrected chi connectivity index (χ0v) is 16.5. The highest BCUT2D eigenvalue weighted by atomic mass is 35.5. The first-order valence-electron chi connectivity index (χ1n) is 8.76. The highest BCUT2D eigenvalue weighted by Crippen LogP contribution is 2.23. The molecule has 2 N–H and O–H groups in total. The van der Waals surface area contributed by atoms with Crippen LogP contribution >= 0.6 is 23.2 Å². The first kappa shape index (κ1) is 20.7. The van der Waals surface area contributed by atoms with Crippen molar-refractivity contribution in [2.75, 3.05) is 26.2 Å². The van der Waals surface area contributed by atoms with Crippen molar-refractivity contribution in [2.45, 2.75) is 19.1 Å². The summed E-state index contributed by atoms with van der Waals surface area (Å²) in [6.07, 6.45) is 0.693. The number of morpholine rings is 1. The molecule has 1 aliphatic rings. The minimum Gasteiger partial charge on any atom is -0.502 e. The van der Waals surface area contributed by atoms with Crippen LogP contribution in [0.1, 0.15) is 11.3 Å². The van der Waals surface area contributed by atoms with Crippen molar-refractivity contribution in [1.29, 1.82) is 0 Å². The molecule has 1 unspecified atom stereocenters. The van der Waals surface area contributed by atoms with E-state index in [1.54, 1.807) is 6.07 Å². The number of nitrogens with zero attached hydrogens (tertiary/aromatic N) is 1. The van der Waals surface area contributed by atoms with Crippen LogP contribution in [-0.2, 0) is 22.5 Å². The molecule has 1 aliphatic heterocycles. The Balaban J connectivity index is 1.47. The molecule has 0 spiro atoms. The van der Waals surface area contributed by atoms with Gasteiger partial charge in [-0.3, -0.25) is 14.5 Å². The molecular weight excluding hydrogens is 407 g/mol. The number of rotatable bonds is 6. The van der Waals surface area contributed by atoms with Gasteiger partial charge in [-0.05, 0) is 17.7 Å². The number of amides is 1. The minimum atomic E-state index is -0.581. The Kier molecular flexibility index (Phi) is 6.96. The Bertz CT molecular complexity index is 902. The van der Waals surface area contributed by atoms with Gasteiger partial charge in [-0.15, -0.1) is 0 Å². The van der Waals surface area contributed by atoms with Gasteiger partial charge >= 0.3 is 0 Å². The van der Waals surface area contributed by atoms with Crippen LogP contribution < -0.4 is 10.7 Å². The van der Waals surface area contributed by atoms with Gasteiger partial charge in [0.1, 0.15) is 12.0 Å². The molecule has 1 amide bonds. The molecule has 2 heterocycles. The summed E-state index contributed by atoms with van der Waals surface area (Å²) in [6.45, 7) is 3.06. The summed E-state index contributed by atoms with van der Waals surface area (Å²) >= 11 is 12.0. The fraction of sp³-hybridized carbons (Fsp3) is 0.368. The minimum absolute atomic E-state index is 0.0881. The lowest BCUT2D eigenvalue weighted by Crippen LogP contribution is -2.47. The van der Waals surface area contributed by atoms with Gasteiger partial charge in [0.15, 0.2) is 5.75 Å². The first-order valence-corrected chi connectivity index (χ1v) is 9.51. The molecule has 1 aromatic heterocycles. The van der Waals surface area contributed by atoms with E-state index in [-0.39, 0.29) is 24.2 Å². The van der Waals surface area contributed by atoms with Crippen molar-refractivity contribution < 1.29 is 19.1 Å². The monoisotopic (exact) mass is 426 g/mol. The molecule has 0 saturated carbocycles. The van der Waals surface area contributed by atoms with Gasteiger partial charge in [-0.1, -0.05) is 29.3 Å². The van der Waals surface area contributed by atoms with E-state index in [2.05, 4.69) is 10.2 Å². The van der Waals surface area contributed by atoms with Crippen LogP contribution in [0, 0.1) is 0 Å². The van der Waals surface area contributed by atoms with Crippen molar-refractivity contribution >= 4 is 29.1 Å². The second-order valence-electron chi connectivity index (χ2n) is 6.55. The van der Waals surface area contributed by atoms with Crippen molar-refractivity contribution in [1.82, 2.24) is 10.2 Å². The smallest absolute Gasteiger partial charge is 0.227 e. The Labute approximate surface area is 171 Å². The van der Waals surface area contributed by atoms with Gasteiger partial charge in [-0.2, -0.15) is 0 Å². The maximum atomic E-state index is 12.1. The third-order valence-corrected chi connectivity index (χ3v) is 5.08. The molecule has 0 aliphatic carbocycles. The molecular formula is C19H20Cl2N2O5. The predicted molar refractivity (Wildman–Crippen MR) is 105 cm³/mol. The van der Waals surface area contributed by atoms with E-state index in [0.29, 0.717) is 36.3 Å². The van der Waals surface area contributed by atoms with Crippen molar-refractivity contribution in [3.05, 3.63) is 62.1 Å². The SMILES string of the molecule is O=C(Cc1cc(=O)c(O)co1)NCC1CN(Cc2ccc(Cl)c(Cl)c2)CCO1. The van der Waals surface area contributed by atoms with E-state index in [0.717, 1.165) is 24.4 Å². The molecule has 0 radical (unpaired) electrons. The summed E-state index contributed by atoms with van der Waals surface area (Å²) in [5.74, 6) is -0.591. The van der Waals surface area contributed by atoms with E-state index in [4.69, 9.17) is 37.5 Å². The summed E-state index contributed by atoms with van der Waals surface area (Å²) in [5, 5.41) is 13.0. The number of carbonyl (C=O) groups is 1. The van der Waals surface area contributed by atoms with Crippen molar-refractivity contribution in [3.8, 4) is 5.75 Å². The molecule has 150 valence electrons. The number of ether oxygens (including phenoxy) is 1. The standard InChI is InChI=1S/C19H20Cl2N2O5/c20-15-2-1-12(5-16(15)21)9-23-3-4-27-14(10-23)8-22-19(26)7-13-6-17(24)18(25)11-28-13/h1-2,5-6,11,14,25H,3-4,7-10H2,(H,22,26). The van der Waals surface area contributed by atoms with Gasteiger partial charge in [0.05, 0.1) is 29.2 Å². The zero-order chi connectivity index (χ0) is 20.1. The lowest BCUT2D eigenvalue weighted by molar-refractivity contribution is -0.122. The predicted octanol–water partition coefficient (Wildman–Crippen LogP) is 2.21. The number of hydrogen-bond acceptors (Lipinski definition) is 6. The molecule has 28 heavy (non-hydrogen) atoms. The number of halogens is 2. The average molecular weight is 427 g/mol. The van der Waals surface area contributed by atoms with Crippen LogP contribution in [0.25, 0.3) is 0 Å². The van der Waals surface area contributed by atoms with E-state index in [9.17, 15) is 9.59 Å². The molecule has 2 aromatic rings. The van der Waals surface area contributed by atoms with Gasteiger partial charge in [0.2, 0.25) is 11.3 Å². The van der Waals surface area contributed by atoms with Crippen LogP contribution in [0.4, 0.5) is 0 Å². The topological polar surface area (TPSA) is 92.0 Å². The third-order valence-electron chi connectivity index (χ3n) is 4.34. The average Bonchev–Trinajstić information content (AvgIpc) is 2.66. The van der Waals surface area contributed by atoms with Crippen LogP contribution in [-0.4, -0.2) is 48.3 Å². The van der Waals surface area contributed by atoms with Crippen LogP contribution in [0.2, 0.25) is 10.0 Å². The Morgan fingerprint density at radius 2 is 2.11 bits per heavy atom. The Hall–Kier alpha value is -2.06. The van der Waals surface area contributed by atoms with Crippen LogP contribution in [0.3, 0.4) is 0 Å². The fourth-order valence-electron chi connectivity index (χ4n) is 2.93. The van der Waals surface area contributed by atoms with E-state index >= 15 is 0 Å². The van der Waals surface area contributed by atoms with Gasteiger partial charge in [0, 0.05) is 32.2 Å². The summed E-state index contributed by atoms with van der Waals surface area (Å²) in [7, 11) is 0. The van der Waals surface area contributed by atoms with E-state index < -0.39 is 11.2 Å². The van der Waals surface area contributed by atoms with Gasteiger partial charge in [0.25, 0.3) is 0 Å². The number of carbonyl (C=O) groups excluding carboxylic acids is 1. The Morgan fingerprint density at radius 3 is 2.86 bits per heavy atom. The first-order chi connectivity index (χ1) is 13.4. The van der Waals surface area contributed by atoms with Gasteiger partial charge < -0.3 is 19.6 Å².